The van der Waals surface area contributed by atoms with Gasteiger partial charge in [-0.2, -0.15) is 9.48 Å². The Kier molecular flexibility index (Phi) is 8.93. The van der Waals surface area contributed by atoms with Crippen LogP contribution in [-0.4, -0.2) is 56.7 Å². The highest BCUT2D eigenvalue weighted by Gasteiger charge is 2.58. The van der Waals surface area contributed by atoms with Gasteiger partial charge in [0.25, 0.3) is 10.7 Å². The Morgan fingerprint density at radius 1 is 1.32 bits per heavy atom. The van der Waals surface area contributed by atoms with Crippen LogP contribution in [0.1, 0.15) is 27.0 Å². The van der Waals surface area contributed by atoms with Crippen LogP contribution in [-0.2, 0) is 23.4 Å². The molecule has 2 heterocycles. The molecule has 2 unspecified atom stereocenters. The van der Waals surface area contributed by atoms with E-state index in [9.17, 15) is 28.4 Å². The maximum atomic E-state index is 15.2. The predicted octanol–water partition coefficient (Wildman–Crippen LogP) is 1.97. The summed E-state index contributed by atoms with van der Waals surface area (Å²) < 4.78 is 63.9. The highest BCUT2D eigenvalue weighted by molar-refractivity contribution is 7.52. The lowest BCUT2D eigenvalue weighted by Gasteiger charge is -2.25. The molecule has 0 amide bonds. The highest BCUT2D eigenvalue weighted by atomic mass is 35.5. The Hall–Kier alpha value is -2.61. The van der Waals surface area contributed by atoms with E-state index in [0.717, 1.165) is 0 Å². The van der Waals surface area contributed by atoms with Crippen molar-refractivity contribution in [1.82, 2.24) is 14.6 Å². The van der Waals surface area contributed by atoms with Gasteiger partial charge in [-0.25, -0.2) is 13.8 Å². The number of alkyl halides is 2. The molecule has 0 aliphatic carbocycles. The summed E-state index contributed by atoms with van der Waals surface area (Å²) in [5.74, 6) is -2.12. The number of esters is 1. The number of aliphatic hydroxyl groups excluding tert-OH is 1. The first kappa shape index (κ1) is 29.0. The molecule has 0 spiro atoms. The molecule has 0 saturated carbocycles. The summed E-state index contributed by atoms with van der Waals surface area (Å²) in [5.41, 5.74) is -2.61. The molecule has 6 atom stereocenters. The van der Waals surface area contributed by atoms with E-state index in [4.69, 9.17) is 30.1 Å². The van der Waals surface area contributed by atoms with E-state index in [2.05, 4.69) is 5.09 Å². The number of benzene rings is 1. The quantitative estimate of drug-likeness (QED) is 0.220. The number of halogens is 3. The molecule has 0 bridgehead atoms. The summed E-state index contributed by atoms with van der Waals surface area (Å²) in [4.78, 5) is 37.2. The molecule has 1 fully saturated rings. The molecule has 1 aromatic heterocycles. The third kappa shape index (κ3) is 6.83. The molecule has 3 N–H and O–H groups in total. The van der Waals surface area contributed by atoms with Crippen molar-refractivity contribution in [1.29, 1.82) is 0 Å². The monoisotopic (exact) mass is 567 g/mol. The van der Waals surface area contributed by atoms with Crippen molar-refractivity contribution < 1.29 is 41.8 Å². The highest BCUT2D eigenvalue weighted by Crippen LogP contribution is 2.48. The molecule has 1 aromatic carbocycles. The molecule has 2 aromatic rings. The van der Waals surface area contributed by atoms with Crippen molar-refractivity contribution in [2.75, 3.05) is 6.61 Å². The summed E-state index contributed by atoms with van der Waals surface area (Å²) in [6, 6.07) is 6.55. The average molecular weight is 568 g/mol. The minimum Gasteiger partial charge on any atom is -0.462 e. The van der Waals surface area contributed by atoms with Gasteiger partial charge in [-0.1, -0.05) is 29.8 Å². The van der Waals surface area contributed by atoms with Crippen molar-refractivity contribution in [2.24, 2.45) is 0 Å². The normalized spacial score (nSPS) is 26.0. The number of nitrogens with one attached hydrogen (secondary N) is 2. The lowest BCUT2D eigenvalue weighted by atomic mass is 10.1. The van der Waals surface area contributed by atoms with Crippen LogP contribution in [0.3, 0.4) is 0 Å². The first-order chi connectivity index (χ1) is 17.2. The van der Waals surface area contributed by atoms with Gasteiger partial charge in [-0.3, -0.25) is 23.7 Å². The van der Waals surface area contributed by atoms with E-state index < -0.39 is 73.1 Å². The molecule has 3 rings (SSSR count). The Morgan fingerprint density at radius 2 is 1.97 bits per heavy atom. The molecule has 0 radical (unpaired) electrons. The fraction of sp³-hybridized carbons (Fsp3) is 0.476. The minimum atomic E-state index is -4.41. The molecule has 1 saturated heterocycles. The van der Waals surface area contributed by atoms with Crippen molar-refractivity contribution in [3.8, 4) is 5.75 Å². The lowest BCUT2D eigenvalue weighted by molar-refractivity contribution is -0.149. The van der Waals surface area contributed by atoms with Gasteiger partial charge in [0.05, 0.1) is 18.9 Å². The van der Waals surface area contributed by atoms with E-state index in [-0.39, 0.29) is 5.75 Å². The number of hydrogen-bond acceptors (Lipinski definition) is 9. The number of rotatable bonds is 10. The Balaban J connectivity index is 1.82. The maximum absolute atomic E-state index is 15.2. The summed E-state index contributed by atoms with van der Waals surface area (Å²) in [5, 5.41) is 9.62. The lowest BCUT2D eigenvalue weighted by Crippen LogP contribution is -2.42. The van der Waals surface area contributed by atoms with Gasteiger partial charge in [0, 0.05) is 0 Å². The van der Waals surface area contributed by atoms with Gasteiger partial charge in [0.2, 0.25) is 5.82 Å². The number of H-pyrrole nitrogens is 1. The predicted molar refractivity (Wildman–Crippen MR) is 125 cm³/mol. The molecular formula is C21H25ClF2N3O9P. The van der Waals surface area contributed by atoms with Crippen LogP contribution in [0.15, 0.2) is 46.1 Å². The number of para-hydroxylation sites is 1. The standard InChI is InChI=1S/C21H25ClF2N3O9P/c1-11(2)34-18(30)12(3)26-37(32,36-13-7-5-4-6-8-13)33-10-15-16(28)21(22,24)19(35-15)27-9-14(23)17(29)25-20(27)31/h4-9,11-12,15-16,19,28H,10H2,1-3H3,(H,26,32)(H,25,29,31)/t12?,15-,16-,19-,21+,37?/m1/s1. The number of carbonyl (C=O) groups is 1. The molecule has 16 heteroatoms. The van der Waals surface area contributed by atoms with Crippen LogP contribution < -0.4 is 20.9 Å². The van der Waals surface area contributed by atoms with E-state index >= 15 is 4.39 Å². The van der Waals surface area contributed by atoms with Crippen molar-refractivity contribution in [2.45, 2.75) is 56.5 Å². The second-order valence-electron chi connectivity index (χ2n) is 8.32. The number of ether oxygens (including phenoxy) is 2. The van der Waals surface area contributed by atoms with Crippen molar-refractivity contribution in [3.05, 3.63) is 63.2 Å². The Labute approximate surface area is 214 Å². The van der Waals surface area contributed by atoms with Crippen LogP contribution in [0.2, 0.25) is 0 Å². The van der Waals surface area contributed by atoms with Crippen LogP contribution >= 0.6 is 19.3 Å². The number of aromatic amines is 1. The smallest absolute Gasteiger partial charge is 0.459 e. The van der Waals surface area contributed by atoms with E-state index in [1.165, 1.54) is 19.1 Å². The first-order valence-corrected chi connectivity index (χ1v) is 12.9. The number of aliphatic hydroxyl groups is 1. The van der Waals surface area contributed by atoms with Crippen LogP contribution in [0.25, 0.3) is 0 Å². The average Bonchev–Trinajstić information content (AvgIpc) is 3.03. The van der Waals surface area contributed by atoms with Crippen LogP contribution in [0, 0.1) is 5.82 Å². The molecule has 1 aliphatic heterocycles. The second kappa shape index (κ2) is 11.4. The van der Waals surface area contributed by atoms with E-state index in [1.807, 2.05) is 0 Å². The zero-order chi connectivity index (χ0) is 27.5. The Morgan fingerprint density at radius 3 is 2.59 bits per heavy atom. The zero-order valence-corrected chi connectivity index (χ0v) is 21.4. The van der Waals surface area contributed by atoms with Gasteiger partial charge in [0.15, 0.2) is 6.23 Å². The van der Waals surface area contributed by atoms with Crippen LogP contribution in [0.4, 0.5) is 8.78 Å². The molecule has 1 aliphatic rings. The summed E-state index contributed by atoms with van der Waals surface area (Å²) in [7, 11) is -4.41. The Bertz CT molecular complexity index is 1270. The van der Waals surface area contributed by atoms with Gasteiger partial charge in [-0.15, -0.1) is 0 Å². The van der Waals surface area contributed by atoms with Crippen molar-refractivity contribution in [3.63, 3.8) is 0 Å². The molecule has 37 heavy (non-hydrogen) atoms. The fourth-order valence-corrected chi connectivity index (χ4v) is 5.05. The summed E-state index contributed by atoms with van der Waals surface area (Å²) in [6.07, 6.45) is -6.02. The first-order valence-electron chi connectivity index (χ1n) is 10.9. The summed E-state index contributed by atoms with van der Waals surface area (Å²) in [6.45, 7) is 3.75. The zero-order valence-electron chi connectivity index (χ0n) is 19.8. The number of aromatic nitrogens is 2. The van der Waals surface area contributed by atoms with E-state index in [0.29, 0.717) is 10.8 Å². The minimum absolute atomic E-state index is 0.0842. The second-order valence-corrected chi connectivity index (χ2v) is 10.6. The van der Waals surface area contributed by atoms with Crippen LogP contribution in [0.5, 0.6) is 5.75 Å². The largest absolute Gasteiger partial charge is 0.462 e. The third-order valence-corrected chi connectivity index (χ3v) is 7.05. The molecule has 12 nitrogen and oxygen atoms in total. The topological polar surface area (TPSA) is 158 Å². The SMILES string of the molecule is CC(C)OC(=O)C(C)NP(=O)(OC[C@H]1O[C@@H](n2cc(F)c(=O)[nH]c2=O)[C@](F)(Cl)[C@@H]1O)Oc1ccccc1. The third-order valence-electron chi connectivity index (χ3n) is 4.99. The van der Waals surface area contributed by atoms with Gasteiger partial charge < -0.3 is 19.1 Å². The van der Waals surface area contributed by atoms with Crippen molar-refractivity contribution >= 4 is 25.3 Å². The van der Waals surface area contributed by atoms with Gasteiger partial charge in [-0.05, 0) is 32.9 Å². The molecular weight excluding hydrogens is 543 g/mol. The van der Waals surface area contributed by atoms with E-state index in [1.54, 1.807) is 37.0 Å². The number of nitrogens with zero attached hydrogens (tertiary/aromatic N) is 1. The fourth-order valence-electron chi connectivity index (χ4n) is 3.25. The molecule has 204 valence electrons. The maximum Gasteiger partial charge on any atom is 0.459 e. The van der Waals surface area contributed by atoms with Gasteiger partial charge in [0.1, 0.15) is 24.0 Å². The number of carbonyl (C=O) groups excluding carboxylic acids is 1. The summed E-state index contributed by atoms with van der Waals surface area (Å²) >= 11 is 5.78. The van der Waals surface area contributed by atoms with Gasteiger partial charge >= 0.3 is 19.4 Å². The number of hydrogen-bond donors (Lipinski definition) is 3.